The van der Waals surface area contributed by atoms with Crippen LogP contribution in [-0.2, 0) is 0 Å². The number of hydrogen-bond acceptors (Lipinski definition) is 5. The second kappa shape index (κ2) is 15.0. The molecule has 0 atom stereocenters. The maximum absolute atomic E-state index is 9.43. The number of aromatic nitrogens is 2. The highest BCUT2D eigenvalue weighted by molar-refractivity contribution is 5.77. The molecule has 5 heteroatoms. The molecule has 5 nitrogen and oxygen atoms in total. The Bertz CT molecular complexity index is 1280. The van der Waals surface area contributed by atoms with Gasteiger partial charge in [0, 0.05) is 55.9 Å². The van der Waals surface area contributed by atoms with Gasteiger partial charge in [-0.15, -0.1) is 0 Å². The van der Waals surface area contributed by atoms with Crippen molar-refractivity contribution in [3.05, 3.63) is 95.0 Å². The zero-order chi connectivity index (χ0) is 29.0. The molecule has 2 aromatic heterocycles. The van der Waals surface area contributed by atoms with Crippen LogP contribution >= 0.6 is 0 Å². The first-order valence-corrected chi connectivity index (χ1v) is 13.8. The van der Waals surface area contributed by atoms with Gasteiger partial charge in [-0.1, -0.05) is 56.4 Å². The van der Waals surface area contributed by atoms with Crippen molar-refractivity contribution in [2.75, 3.05) is 32.0 Å². The minimum atomic E-state index is -0.508. The summed E-state index contributed by atoms with van der Waals surface area (Å²) in [5.74, 6) is 0.853. The van der Waals surface area contributed by atoms with Crippen LogP contribution in [0.25, 0.3) is 17.2 Å². The molecule has 206 valence electrons. The van der Waals surface area contributed by atoms with Gasteiger partial charge >= 0.3 is 0 Å². The zero-order valence-corrected chi connectivity index (χ0v) is 25.1. The smallest absolute Gasteiger partial charge is 0.125 e. The van der Waals surface area contributed by atoms with Crippen LogP contribution in [0.3, 0.4) is 0 Å². The van der Waals surface area contributed by atoms with E-state index >= 15 is 0 Å². The summed E-state index contributed by atoms with van der Waals surface area (Å²) < 4.78 is 0. The zero-order valence-electron chi connectivity index (χ0n) is 25.1. The Morgan fingerprint density at radius 2 is 1.95 bits per heavy atom. The number of hydrogen-bond donors (Lipinski definition) is 1. The molecule has 0 amide bonds. The molecule has 0 saturated heterocycles. The van der Waals surface area contributed by atoms with Crippen molar-refractivity contribution < 1.29 is 0 Å². The summed E-state index contributed by atoms with van der Waals surface area (Å²) in [7, 11) is 1.87. The summed E-state index contributed by atoms with van der Waals surface area (Å²) in [6, 6.07) is 8.53. The number of nitrogens with one attached hydrogen (secondary N) is 1. The highest BCUT2D eigenvalue weighted by atomic mass is 15.1. The molecule has 1 aliphatic rings. The fourth-order valence-corrected chi connectivity index (χ4v) is 4.53. The summed E-state index contributed by atoms with van der Waals surface area (Å²) in [4.78, 5) is 11.5. The van der Waals surface area contributed by atoms with Crippen LogP contribution in [0.2, 0.25) is 0 Å². The van der Waals surface area contributed by atoms with Gasteiger partial charge in [0.15, 0.2) is 0 Å². The molecule has 3 heterocycles. The van der Waals surface area contributed by atoms with Crippen LogP contribution in [-0.4, -0.2) is 41.5 Å². The fourth-order valence-electron chi connectivity index (χ4n) is 4.53. The molecule has 0 aromatic carbocycles. The van der Waals surface area contributed by atoms with Crippen molar-refractivity contribution in [3.8, 4) is 17.2 Å². The predicted octanol–water partition coefficient (Wildman–Crippen LogP) is 8.16. The van der Waals surface area contributed by atoms with Gasteiger partial charge < -0.3 is 5.32 Å². The number of pyridine rings is 2. The molecule has 0 radical (unpaired) electrons. The fraction of sp³-hybridized carbons (Fsp3) is 0.382. The van der Waals surface area contributed by atoms with E-state index < -0.39 is 5.41 Å². The van der Waals surface area contributed by atoms with Crippen LogP contribution in [0.5, 0.6) is 0 Å². The van der Waals surface area contributed by atoms with E-state index in [1.807, 2.05) is 78.4 Å². The van der Waals surface area contributed by atoms with Crippen LogP contribution in [0.4, 0.5) is 5.82 Å². The van der Waals surface area contributed by atoms with Crippen molar-refractivity contribution in [2.45, 2.75) is 54.9 Å². The Balaban J connectivity index is 0.00000260. The third-order valence-electron chi connectivity index (χ3n) is 6.87. The molecule has 0 spiro atoms. The number of nitrogens with zero attached hydrogens (tertiary/aromatic N) is 4. The summed E-state index contributed by atoms with van der Waals surface area (Å²) in [5, 5.41) is 12.5. The third-order valence-corrected chi connectivity index (χ3v) is 6.87. The van der Waals surface area contributed by atoms with Crippen LogP contribution in [0.1, 0.15) is 59.2 Å². The first kappa shape index (κ1) is 31.5. The monoisotopic (exact) mass is 523 g/mol. The molecule has 0 saturated carbocycles. The molecule has 0 bridgehead atoms. The molecule has 3 rings (SSSR count). The van der Waals surface area contributed by atoms with Gasteiger partial charge in [-0.05, 0) is 81.5 Å². The van der Waals surface area contributed by atoms with Gasteiger partial charge in [0.1, 0.15) is 5.82 Å². The minimum absolute atomic E-state index is 0.508. The second-order valence-electron chi connectivity index (χ2n) is 10.1. The minimum Gasteiger partial charge on any atom is -0.373 e. The summed E-state index contributed by atoms with van der Waals surface area (Å²) >= 11 is 0. The lowest BCUT2D eigenvalue weighted by Gasteiger charge is -2.27. The number of rotatable bonds is 9. The molecule has 0 fully saturated rings. The maximum atomic E-state index is 9.43. The third kappa shape index (κ3) is 8.63. The van der Waals surface area contributed by atoms with Crippen LogP contribution in [0, 0.1) is 23.7 Å². The molecule has 1 N–H and O–H groups in total. The molecular weight excluding hydrogens is 478 g/mol. The van der Waals surface area contributed by atoms with E-state index in [9.17, 15) is 5.26 Å². The van der Waals surface area contributed by atoms with E-state index in [2.05, 4.69) is 71.0 Å². The Kier molecular flexibility index (Phi) is 12.1. The maximum Gasteiger partial charge on any atom is 0.125 e. The van der Waals surface area contributed by atoms with E-state index in [4.69, 9.17) is 0 Å². The van der Waals surface area contributed by atoms with Crippen molar-refractivity contribution in [1.82, 2.24) is 14.9 Å². The SMILES string of the molecule is C=C(/C=C\C(=C/C)C(C)(C)C#N)C1=CCN(C/C(C)=C/c2c(-c3ccc(NC)nc3)ccnc2C)CC1.CC. The van der Waals surface area contributed by atoms with Gasteiger partial charge in [-0.2, -0.15) is 5.26 Å². The first-order chi connectivity index (χ1) is 18.7. The van der Waals surface area contributed by atoms with E-state index in [0.29, 0.717) is 0 Å². The lowest BCUT2D eigenvalue weighted by atomic mass is 9.85. The first-order valence-electron chi connectivity index (χ1n) is 13.8. The molecular formula is C34H45N5. The second-order valence-corrected chi connectivity index (χ2v) is 10.1. The van der Waals surface area contributed by atoms with Crippen molar-refractivity contribution >= 4 is 11.9 Å². The predicted molar refractivity (Wildman–Crippen MR) is 167 cm³/mol. The number of aryl methyl sites for hydroxylation is 1. The molecule has 2 aromatic rings. The normalized spacial score (nSPS) is 14.8. The quantitative estimate of drug-likeness (QED) is 0.336. The largest absolute Gasteiger partial charge is 0.373 e. The number of anilines is 1. The van der Waals surface area contributed by atoms with Crippen LogP contribution < -0.4 is 5.32 Å². The van der Waals surface area contributed by atoms with Crippen molar-refractivity contribution in [2.24, 2.45) is 5.41 Å². The summed E-state index contributed by atoms with van der Waals surface area (Å²) in [6.07, 6.45) is 15.4. The van der Waals surface area contributed by atoms with Gasteiger partial charge in [0.2, 0.25) is 0 Å². The molecule has 0 unspecified atom stereocenters. The Labute approximate surface area is 236 Å². The molecule has 39 heavy (non-hydrogen) atoms. The number of allylic oxidation sites excluding steroid dienone is 5. The van der Waals surface area contributed by atoms with Crippen LogP contribution in [0.15, 0.2) is 83.8 Å². The van der Waals surface area contributed by atoms with Crippen molar-refractivity contribution in [1.29, 1.82) is 5.26 Å². The van der Waals surface area contributed by atoms with Gasteiger partial charge in [-0.25, -0.2) is 4.98 Å². The highest BCUT2D eigenvalue weighted by Crippen LogP contribution is 2.29. The lowest BCUT2D eigenvalue weighted by Crippen LogP contribution is -2.30. The van der Waals surface area contributed by atoms with Crippen molar-refractivity contribution in [3.63, 3.8) is 0 Å². The van der Waals surface area contributed by atoms with E-state index in [1.54, 1.807) is 0 Å². The average molecular weight is 524 g/mol. The standard InChI is InChI=1S/C32H39N5.C2H6/c1-8-28(32(5,6)22-33)11-9-24(3)26-14-17-37(18-15-26)21-23(2)19-30-25(4)35-16-13-29(30)27-10-12-31(34-7)36-20-27;1-2/h8-14,16,19-20H,3,15,17-18,21H2,1-2,4-7H3,(H,34,36);1-2H3/b11-9-,23-19+,28-8+;. The summed E-state index contributed by atoms with van der Waals surface area (Å²) in [5.41, 5.74) is 8.48. The number of nitriles is 1. The van der Waals surface area contributed by atoms with Gasteiger partial charge in [0.25, 0.3) is 0 Å². The Hall–Kier alpha value is -3.75. The Morgan fingerprint density at radius 1 is 1.21 bits per heavy atom. The average Bonchev–Trinajstić information content (AvgIpc) is 2.95. The highest BCUT2D eigenvalue weighted by Gasteiger charge is 2.20. The Morgan fingerprint density at radius 3 is 2.51 bits per heavy atom. The molecule has 1 aliphatic heterocycles. The van der Waals surface area contributed by atoms with Gasteiger partial charge in [0.05, 0.1) is 11.5 Å². The van der Waals surface area contributed by atoms with E-state index in [1.165, 1.54) is 11.1 Å². The molecule has 0 aliphatic carbocycles. The van der Waals surface area contributed by atoms with E-state index in [-0.39, 0.29) is 0 Å². The lowest BCUT2D eigenvalue weighted by molar-refractivity contribution is 0.320. The van der Waals surface area contributed by atoms with E-state index in [0.717, 1.165) is 65.4 Å². The summed E-state index contributed by atoms with van der Waals surface area (Å²) in [6.45, 7) is 21.2. The topological polar surface area (TPSA) is 64.8 Å². The van der Waals surface area contributed by atoms with Gasteiger partial charge in [-0.3, -0.25) is 9.88 Å².